The van der Waals surface area contributed by atoms with Gasteiger partial charge in [0, 0.05) is 17.7 Å². The average molecular weight is 413 g/mol. The molecule has 0 saturated heterocycles. The SMILES string of the molecule is O=[S@]1CCc2nc(-c3ccc(OC(F)(F)F)cc3)nc(NC3(CO)CCC3)c21. The molecule has 1 aromatic carbocycles. The van der Waals surface area contributed by atoms with Crippen LogP contribution in [0.2, 0.25) is 0 Å². The van der Waals surface area contributed by atoms with Crippen molar-refractivity contribution in [1.29, 1.82) is 0 Å². The number of nitrogens with one attached hydrogen (secondary N) is 1. The van der Waals surface area contributed by atoms with E-state index >= 15 is 0 Å². The lowest BCUT2D eigenvalue weighted by atomic mass is 9.77. The number of hydrogen-bond donors (Lipinski definition) is 2. The lowest BCUT2D eigenvalue weighted by molar-refractivity contribution is -0.274. The summed E-state index contributed by atoms with van der Waals surface area (Å²) in [4.78, 5) is 9.52. The number of benzene rings is 1. The van der Waals surface area contributed by atoms with E-state index in [9.17, 15) is 22.5 Å². The van der Waals surface area contributed by atoms with Crippen LogP contribution in [0.25, 0.3) is 11.4 Å². The number of aryl methyl sites for hydroxylation is 1. The molecule has 28 heavy (non-hydrogen) atoms. The largest absolute Gasteiger partial charge is 0.573 e. The number of halogens is 3. The van der Waals surface area contributed by atoms with Crippen LogP contribution in [-0.4, -0.2) is 43.5 Å². The van der Waals surface area contributed by atoms with Crippen molar-refractivity contribution in [2.24, 2.45) is 0 Å². The first kappa shape index (κ1) is 19.1. The molecule has 0 spiro atoms. The van der Waals surface area contributed by atoms with Crippen LogP contribution < -0.4 is 10.1 Å². The first-order valence-corrected chi connectivity index (χ1v) is 10.1. The summed E-state index contributed by atoms with van der Waals surface area (Å²) >= 11 is 0. The van der Waals surface area contributed by atoms with Gasteiger partial charge in [-0.1, -0.05) is 0 Å². The second-order valence-electron chi connectivity index (χ2n) is 6.96. The Bertz CT molecular complexity index is 909. The number of aliphatic hydroxyl groups excluding tert-OH is 1. The van der Waals surface area contributed by atoms with E-state index in [2.05, 4.69) is 20.0 Å². The lowest BCUT2D eigenvalue weighted by Crippen LogP contribution is -2.48. The van der Waals surface area contributed by atoms with Gasteiger partial charge in [0.05, 0.1) is 28.6 Å². The van der Waals surface area contributed by atoms with Crippen molar-refractivity contribution in [1.82, 2.24) is 9.97 Å². The minimum absolute atomic E-state index is 0.0583. The molecule has 0 bridgehead atoms. The Hall–Kier alpha value is -2.20. The number of ether oxygens (including phenoxy) is 1. The number of anilines is 1. The van der Waals surface area contributed by atoms with Gasteiger partial charge in [-0.05, 0) is 43.5 Å². The van der Waals surface area contributed by atoms with Crippen LogP contribution in [0.3, 0.4) is 0 Å². The third-order valence-corrected chi connectivity index (χ3v) is 6.49. The lowest BCUT2D eigenvalue weighted by Gasteiger charge is -2.41. The Labute approximate surface area is 161 Å². The summed E-state index contributed by atoms with van der Waals surface area (Å²) in [6.07, 6.45) is -1.67. The summed E-state index contributed by atoms with van der Waals surface area (Å²) in [7, 11) is -1.22. The van der Waals surface area contributed by atoms with Gasteiger partial charge in [-0.15, -0.1) is 13.2 Å². The summed E-state index contributed by atoms with van der Waals surface area (Å²) in [5.41, 5.74) is 0.704. The highest BCUT2D eigenvalue weighted by molar-refractivity contribution is 7.85. The molecule has 1 fully saturated rings. The molecule has 0 unspecified atom stereocenters. The molecule has 4 rings (SSSR count). The molecule has 0 amide bonds. The molecule has 150 valence electrons. The Balaban J connectivity index is 1.68. The predicted molar refractivity (Wildman–Crippen MR) is 96.4 cm³/mol. The molecular formula is C18H18F3N3O3S. The summed E-state index contributed by atoms with van der Waals surface area (Å²) < 4.78 is 53.3. The van der Waals surface area contributed by atoms with E-state index in [1.54, 1.807) is 0 Å². The van der Waals surface area contributed by atoms with Gasteiger partial charge in [0.2, 0.25) is 0 Å². The maximum absolute atomic E-state index is 12.4. The standard InChI is InChI=1S/C18H18F3N3O3S/c19-18(20,21)27-12-4-2-11(3-5-12)15-22-13-6-9-28(26)14(13)16(23-15)24-17(10-25)7-1-8-17/h2-5,25H,1,6-10H2,(H,22,23,24)/t28-/m0/s1. The third-order valence-electron chi connectivity index (χ3n) is 5.03. The Morgan fingerprint density at radius 1 is 1.21 bits per heavy atom. The van der Waals surface area contributed by atoms with Gasteiger partial charge in [-0.25, -0.2) is 9.97 Å². The fourth-order valence-corrected chi connectivity index (χ4v) is 4.70. The monoisotopic (exact) mass is 413 g/mol. The molecule has 2 heterocycles. The van der Waals surface area contributed by atoms with Crippen molar-refractivity contribution < 1.29 is 27.2 Å². The number of rotatable bonds is 5. The summed E-state index contributed by atoms with van der Waals surface area (Å²) in [5, 5.41) is 13.0. The second kappa shape index (κ2) is 7.00. The first-order valence-electron chi connectivity index (χ1n) is 8.83. The van der Waals surface area contributed by atoms with Crippen molar-refractivity contribution in [3.63, 3.8) is 0 Å². The van der Waals surface area contributed by atoms with Gasteiger partial charge in [-0.2, -0.15) is 0 Å². The molecule has 1 aliphatic carbocycles. The molecule has 1 saturated carbocycles. The molecule has 2 aromatic rings. The Morgan fingerprint density at radius 3 is 2.50 bits per heavy atom. The van der Waals surface area contributed by atoms with Gasteiger partial charge >= 0.3 is 6.36 Å². The van der Waals surface area contributed by atoms with Crippen LogP contribution in [0.4, 0.5) is 19.0 Å². The molecule has 1 aliphatic heterocycles. The summed E-state index contributed by atoms with van der Waals surface area (Å²) in [6.45, 7) is -0.0583. The summed E-state index contributed by atoms with van der Waals surface area (Å²) in [6, 6.07) is 5.30. The van der Waals surface area contributed by atoms with Crippen LogP contribution in [0, 0.1) is 0 Å². The molecular weight excluding hydrogens is 395 g/mol. The number of alkyl halides is 3. The van der Waals surface area contributed by atoms with Gasteiger partial charge < -0.3 is 15.2 Å². The smallest absolute Gasteiger partial charge is 0.406 e. The van der Waals surface area contributed by atoms with Crippen LogP contribution in [0.5, 0.6) is 5.75 Å². The third kappa shape index (κ3) is 3.70. The van der Waals surface area contributed by atoms with E-state index in [4.69, 9.17) is 0 Å². The zero-order valence-electron chi connectivity index (χ0n) is 14.8. The van der Waals surface area contributed by atoms with Crippen molar-refractivity contribution in [3.8, 4) is 17.1 Å². The molecule has 10 heteroatoms. The number of hydrogen-bond acceptors (Lipinski definition) is 6. The van der Waals surface area contributed by atoms with Crippen LogP contribution >= 0.6 is 0 Å². The first-order chi connectivity index (χ1) is 13.3. The zero-order chi connectivity index (χ0) is 19.9. The summed E-state index contributed by atoms with van der Waals surface area (Å²) in [5.74, 6) is 0.879. The quantitative estimate of drug-likeness (QED) is 0.784. The van der Waals surface area contributed by atoms with Gasteiger partial charge in [0.15, 0.2) is 5.82 Å². The highest BCUT2D eigenvalue weighted by atomic mass is 32.2. The zero-order valence-corrected chi connectivity index (χ0v) is 15.6. The highest BCUT2D eigenvalue weighted by Crippen LogP contribution is 2.38. The highest BCUT2D eigenvalue weighted by Gasteiger charge is 2.39. The minimum Gasteiger partial charge on any atom is -0.406 e. The van der Waals surface area contributed by atoms with Crippen molar-refractivity contribution >= 4 is 16.6 Å². The second-order valence-corrected chi connectivity index (χ2v) is 8.47. The maximum Gasteiger partial charge on any atom is 0.573 e. The van der Waals surface area contributed by atoms with Crippen LogP contribution in [0.15, 0.2) is 29.2 Å². The minimum atomic E-state index is -4.76. The predicted octanol–water partition coefficient (Wildman–Crippen LogP) is 3.03. The molecule has 6 nitrogen and oxygen atoms in total. The van der Waals surface area contributed by atoms with Crippen molar-refractivity contribution in [2.75, 3.05) is 17.7 Å². The van der Waals surface area contributed by atoms with E-state index in [-0.39, 0.29) is 12.4 Å². The molecule has 0 radical (unpaired) electrons. The number of fused-ring (bicyclic) bond motifs is 1. The molecule has 1 atom stereocenters. The number of aromatic nitrogens is 2. The van der Waals surface area contributed by atoms with E-state index in [0.29, 0.717) is 40.0 Å². The fraction of sp³-hybridized carbons (Fsp3) is 0.444. The molecule has 1 aromatic heterocycles. The van der Waals surface area contributed by atoms with E-state index in [1.807, 2.05) is 0 Å². The Morgan fingerprint density at radius 2 is 1.93 bits per heavy atom. The van der Waals surface area contributed by atoms with E-state index in [0.717, 1.165) is 19.3 Å². The van der Waals surface area contributed by atoms with Crippen molar-refractivity contribution in [3.05, 3.63) is 30.0 Å². The topological polar surface area (TPSA) is 84.3 Å². The fourth-order valence-electron chi connectivity index (χ4n) is 3.39. The van der Waals surface area contributed by atoms with Gasteiger partial charge in [0.25, 0.3) is 0 Å². The van der Waals surface area contributed by atoms with E-state index in [1.165, 1.54) is 24.3 Å². The number of aliphatic hydroxyl groups is 1. The van der Waals surface area contributed by atoms with Gasteiger partial charge in [-0.3, -0.25) is 4.21 Å². The normalized spacial score (nSPS) is 20.4. The maximum atomic E-state index is 12.4. The van der Waals surface area contributed by atoms with E-state index < -0.39 is 22.7 Å². The molecule has 2 aliphatic rings. The van der Waals surface area contributed by atoms with Crippen molar-refractivity contribution in [2.45, 2.75) is 42.5 Å². The number of nitrogens with zero attached hydrogens (tertiary/aromatic N) is 2. The van der Waals surface area contributed by atoms with Crippen LogP contribution in [0.1, 0.15) is 25.0 Å². The van der Waals surface area contributed by atoms with Gasteiger partial charge in [0.1, 0.15) is 16.5 Å². The van der Waals surface area contributed by atoms with Crippen LogP contribution in [-0.2, 0) is 17.2 Å². The molecule has 2 N–H and O–H groups in total. The Kier molecular flexibility index (Phi) is 4.78. The average Bonchev–Trinajstić information content (AvgIpc) is 2.98.